The van der Waals surface area contributed by atoms with Gasteiger partial charge in [0.25, 0.3) is 0 Å². The zero-order chi connectivity index (χ0) is 104. The van der Waals surface area contributed by atoms with Crippen LogP contribution in [0.4, 0.5) is 0 Å². The molecule has 0 radical (unpaired) electrons. The van der Waals surface area contributed by atoms with E-state index in [9.17, 15) is 48.6 Å². The molecule has 0 unspecified atom stereocenters. The van der Waals surface area contributed by atoms with E-state index in [0.29, 0.717) is 71.0 Å². The lowest BCUT2D eigenvalue weighted by Gasteiger charge is -2.19. The molecule has 16 aromatic carbocycles. The maximum atomic E-state index is 13.3. The van der Waals surface area contributed by atoms with Gasteiger partial charge in [0.1, 0.15) is 42.9 Å². The molecule has 0 saturated carbocycles. The molecular formula is C130H130N4O13. The van der Waals surface area contributed by atoms with Gasteiger partial charge in [-0.3, -0.25) is 28.8 Å². The average molecular weight is 1960 g/mol. The second-order valence-corrected chi connectivity index (χ2v) is 37.2. The minimum atomic E-state index is -0.980. The Labute approximate surface area is 863 Å². The maximum absolute atomic E-state index is 13.3. The Kier molecular flexibility index (Phi) is 40.9. The Morgan fingerprint density at radius 2 is 0.605 bits per heavy atom. The molecule has 0 aliphatic rings. The first-order valence-electron chi connectivity index (χ1n) is 50.3. The number of allylic oxidation sites excluding steroid dienone is 3. The van der Waals surface area contributed by atoms with Gasteiger partial charge in [-0.1, -0.05) is 346 Å². The molecule has 16 aromatic rings. The number of unbranched alkanes of at least 4 members (excludes halogenated alkanes) is 1. The second kappa shape index (κ2) is 55.8. The number of hydrogen-bond donors (Lipinski definition) is 2. The van der Waals surface area contributed by atoms with Gasteiger partial charge in [-0.2, -0.15) is 0 Å². The fourth-order valence-corrected chi connectivity index (χ4v) is 17.5. The molecule has 0 fully saturated rings. The Morgan fingerprint density at radius 1 is 0.286 bits per heavy atom. The van der Waals surface area contributed by atoms with Gasteiger partial charge in [-0.15, -0.1) is 0 Å². The van der Waals surface area contributed by atoms with Crippen LogP contribution >= 0.6 is 0 Å². The number of carboxylic acid groups (broad SMARTS) is 2. The molecule has 0 spiro atoms. The number of aliphatic carboxylic acids is 2. The van der Waals surface area contributed by atoms with Crippen molar-refractivity contribution in [1.29, 1.82) is 0 Å². The van der Waals surface area contributed by atoms with Gasteiger partial charge < -0.3 is 48.8 Å². The number of fused-ring (bicyclic) bond motifs is 4. The minimum Gasteiger partial charge on any atom is -0.488 e. The molecule has 0 aliphatic heterocycles. The van der Waals surface area contributed by atoms with Crippen LogP contribution in [0.2, 0.25) is 0 Å². The van der Waals surface area contributed by atoms with E-state index >= 15 is 0 Å². The highest BCUT2D eigenvalue weighted by Gasteiger charge is 2.23. The number of carboxylic acids is 2. The van der Waals surface area contributed by atoms with Crippen LogP contribution in [0.25, 0.3) is 66.4 Å². The number of ketones is 2. The van der Waals surface area contributed by atoms with E-state index in [1.54, 1.807) is 40.7 Å². The van der Waals surface area contributed by atoms with Crippen molar-refractivity contribution in [3.63, 3.8) is 0 Å². The van der Waals surface area contributed by atoms with Crippen LogP contribution in [0.15, 0.2) is 388 Å². The number of amides is 4. The summed E-state index contributed by atoms with van der Waals surface area (Å²) >= 11 is 0. The number of nitrogens with zero attached hydrogens (tertiary/aromatic N) is 4. The Morgan fingerprint density at radius 3 is 0.966 bits per heavy atom. The summed E-state index contributed by atoms with van der Waals surface area (Å²) in [6.45, 7) is 8.67. The van der Waals surface area contributed by atoms with E-state index < -0.39 is 11.9 Å². The number of hydrogen-bond acceptors (Lipinski definition) is 11. The number of Topliss-reactive ketones (excluding diaryl/α,β-unsaturated/α-hetero) is 1. The van der Waals surface area contributed by atoms with Crippen LogP contribution in [-0.4, -0.2) is 131 Å². The fourth-order valence-electron chi connectivity index (χ4n) is 17.5. The van der Waals surface area contributed by atoms with Crippen LogP contribution in [0, 0.1) is 0 Å². The van der Waals surface area contributed by atoms with Crippen molar-refractivity contribution in [3.05, 3.63) is 471 Å². The second-order valence-electron chi connectivity index (χ2n) is 37.2. The molecule has 0 heterocycles. The number of aryl methyl sites for hydroxylation is 2. The summed E-state index contributed by atoms with van der Waals surface area (Å²) in [5, 5.41) is 26.5. The lowest BCUT2D eigenvalue weighted by molar-refractivity contribution is -0.137. The number of carbonyl (C=O) groups excluding carboxylic acids is 6. The van der Waals surface area contributed by atoms with Gasteiger partial charge in [0.15, 0.2) is 5.78 Å². The molecule has 4 amide bonds. The first kappa shape index (κ1) is 108. The molecule has 17 heteroatoms. The van der Waals surface area contributed by atoms with Crippen molar-refractivity contribution in [2.45, 2.75) is 130 Å². The lowest BCUT2D eigenvalue weighted by Crippen LogP contribution is -2.30. The molecule has 0 aliphatic carbocycles. The minimum absolute atomic E-state index is 0.00363. The predicted octanol–water partition coefficient (Wildman–Crippen LogP) is 25.7. The molecule has 748 valence electrons. The van der Waals surface area contributed by atoms with Gasteiger partial charge in [0, 0.05) is 88.9 Å². The SMILES string of the molecule is C/C(=C\c1cc(CC(=O)N(C)CCc2ccccc2)c2cccc(OCc3ccccc3)c2c1)C(=O)O.CC(=O)/C=C/C=C/c1cc(CC(=O)N(C)CCc2ccccc2)c2cccc(OCc3ccccc3)c2c1.CC(=O)CCCCc1cc(CC(=O)N(C)CCc2ccccc2)c2cccc(OCc3ccccc3)c2c1.CN(CCc1ccccc1)C(=O)Cc1cc(CCC(=O)O)cc2c(-c3ccccc3)cccc12. The van der Waals surface area contributed by atoms with Gasteiger partial charge in [0.2, 0.25) is 23.6 Å². The molecule has 0 aromatic heterocycles. The summed E-state index contributed by atoms with van der Waals surface area (Å²) in [5.74, 6) is 0.927. The van der Waals surface area contributed by atoms with E-state index in [1.165, 1.54) is 40.8 Å². The lowest BCUT2D eigenvalue weighted by atomic mass is 9.91. The zero-order valence-electron chi connectivity index (χ0n) is 85.1. The smallest absolute Gasteiger partial charge is 0.331 e. The van der Waals surface area contributed by atoms with E-state index in [4.69, 9.17) is 14.2 Å². The summed E-state index contributed by atoms with van der Waals surface area (Å²) in [6.07, 6.45) is 16.8. The number of carbonyl (C=O) groups is 8. The Hall–Kier alpha value is -16.7. The third-order valence-corrected chi connectivity index (χ3v) is 25.9. The number of likely N-dealkylation sites (N-methyl/N-ethyl adjacent to an activating group) is 4. The van der Waals surface area contributed by atoms with Crippen LogP contribution < -0.4 is 14.2 Å². The topological polar surface area (TPSA) is 218 Å². The van der Waals surface area contributed by atoms with Crippen molar-refractivity contribution in [2.24, 2.45) is 0 Å². The van der Waals surface area contributed by atoms with Crippen LogP contribution in [0.5, 0.6) is 17.2 Å². The third-order valence-electron chi connectivity index (χ3n) is 25.9. The fraction of sp³-hybridized carbons (Fsp3) is 0.215. The highest BCUT2D eigenvalue weighted by molar-refractivity contribution is 6.02. The number of rotatable bonds is 43. The third kappa shape index (κ3) is 33.7. The molecule has 16 rings (SSSR count). The Balaban J connectivity index is 0.000000164. The van der Waals surface area contributed by atoms with Gasteiger partial charge in [-0.05, 0) is 242 Å². The molecule has 2 N–H and O–H groups in total. The van der Waals surface area contributed by atoms with Crippen LogP contribution in [0.3, 0.4) is 0 Å². The van der Waals surface area contributed by atoms with Crippen molar-refractivity contribution in [2.75, 3.05) is 54.4 Å². The molecule has 147 heavy (non-hydrogen) atoms. The van der Waals surface area contributed by atoms with Crippen LogP contribution in [0.1, 0.15) is 130 Å². The zero-order valence-corrected chi connectivity index (χ0v) is 85.1. The molecule has 0 bridgehead atoms. The quantitative estimate of drug-likeness (QED) is 0.0207. The van der Waals surface area contributed by atoms with Crippen molar-refractivity contribution >= 4 is 102 Å². The van der Waals surface area contributed by atoms with Gasteiger partial charge >= 0.3 is 11.9 Å². The maximum Gasteiger partial charge on any atom is 0.331 e. The van der Waals surface area contributed by atoms with E-state index in [-0.39, 0.29) is 66.5 Å². The standard InChI is InChI=1S/C34H37NO3.C34H33NO3.C32H31NO4.C30H29NO3/c2*1-26(36)12-9-10-17-29-22-30(24-34(37)35(2)21-20-27-13-5-3-6-14-27)31-18-11-19-33(32(31)23-29)38-25-28-15-7-4-8-16-28;1-23(32(35)36)18-26-19-27(21-31(34)33(2)17-16-24-10-5-3-6-11-24)28-14-9-15-30(29(28)20-26)37-22-25-12-7-4-8-13-25;1-31(18-17-22-9-4-2-5-10-22)29(32)21-25-19-23(15-16-30(33)34)20-28-26(13-8-14-27(25)28)24-11-6-3-7-12-24/h3-8,11,13-16,18-19,22-23H,9-10,12,17,20-21,24-25H2,1-2H3;3-19,22-23H,20-21,24-25H2,1-2H3;3-15,18-20H,16-17,21-22H2,1-2H3,(H,35,36);2-14,19-20H,15-18,21H2,1H3,(H,33,34)/b;12-9+,17-10+;23-18+;. The summed E-state index contributed by atoms with van der Waals surface area (Å²) in [6, 6.07) is 121. The van der Waals surface area contributed by atoms with E-state index in [2.05, 4.69) is 115 Å². The largest absolute Gasteiger partial charge is 0.488 e. The summed E-state index contributed by atoms with van der Waals surface area (Å²) in [7, 11) is 7.41. The normalized spacial score (nSPS) is 11.1. The van der Waals surface area contributed by atoms with Crippen molar-refractivity contribution < 1.29 is 62.8 Å². The number of benzene rings is 16. The highest BCUT2D eigenvalue weighted by Crippen LogP contribution is 2.38. The first-order chi connectivity index (χ1) is 71.4. The van der Waals surface area contributed by atoms with Gasteiger partial charge in [-0.25, -0.2) is 4.79 Å². The summed E-state index contributed by atoms with van der Waals surface area (Å²) in [5.41, 5.74) is 18.0. The molecule has 17 nitrogen and oxygen atoms in total. The van der Waals surface area contributed by atoms with E-state index in [1.807, 2.05) is 294 Å². The predicted molar refractivity (Wildman–Crippen MR) is 594 cm³/mol. The van der Waals surface area contributed by atoms with Crippen LogP contribution in [-0.2, 0) is 122 Å². The molecular weight excluding hydrogens is 1830 g/mol. The molecule has 0 atom stereocenters. The average Bonchev–Trinajstić information content (AvgIpc) is 0.781. The summed E-state index contributed by atoms with van der Waals surface area (Å²) < 4.78 is 18.7. The van der Waals surface area contributed by atoms with Crippen molar-refractivity contribution in [3.8, 4) is 28.4 Å². The monoisotopic (exact) mass is 1950 g/mol. The highest BCUT2D eigenvalue weighted by atomic mass is 16.5. The molecule has 0 saturated heterocycles. The van der Waals surface area contributed by atoms with Gasteiger partial charge in [0.05, 0.1) is 25.7 Å². The first-order valence-corrected chi connectivity index (χ1v) is 50.3. The van der Waals surface area contributed by atoms with Crippen molar-refractivity contribution in [1.82, 2.24) is 19.6 Å². The number of ether oxygens (including phenoxy) is 3. The Bertz CT molecular complexity index is 7200. The van der Waals surface area contributed by atoms with E-state index in [0.717, 1.165) is 166 Å². The summed E-state index contributed by atoms with van der Waals surface area (Å²) in [4.78, 5) is 105.